The fraction of sp³-hybridized carbons (Fsp3) is 0. The molecule has 0 atom stereocenters. The van der Waals surface area contributed by atoms with E-state index in [9.17, 15) is 13.2 Å². The fourth-order valence-corrected chi connectivity index (χ4v) is 3.04. The number of sulfonamides is 1. The molecule has 0 aliphatic carbocycles. The van der Waals surface area contributed by atoms with E-state index in [4.69, 9.17) is 22.4 Å². The lowest BCUT2D eigenvalue weighted by atomic mass is 10.2. The summed E-state index contributed by atoms with van der Waals surface area (Å²) in [5.41, 5.74) is 5.53. The minimum atomic E-state index is -4.05. The van der Waals surface area contributed by atoms with Gasteiger partial charge in [-0.3, -0.25) is 4.72 Å². The fourth-order valence-electron chi connectivity index (χ4n) is 1.68. The van der Waals surface area contributed by atoms with E-state index in [1.54, 1.807) is 0 Å². The van der Waals surface area contributed by atoms with Crippen molar-refractivity contribution in [2.24, 2.45) is 0 Å². The lowest BCUT2D eigenvalue weighted by molar-refractivity contribution is 0.0692. The molecule has 110 valence electrons. The second-order valence-electron chi connectivity index (χ2n) is 4.17. The van der Waals surface area contributed by atoms with Crippen molar-refractivity contribution in [3.05, 3.63) is 53.1 Å². The SMILES string of the molecule is Nc1ccc(S(=O)(=O)Nc2ccc(Cl)cc2)c(C(=O)O)c1. The lowest BCUT2D eigenvalue weighted by Crippen LogP contribution is -2.17. The van der Waals surface area contributed by atoms with Gasteiger partial charge in [0.15, 0.2) is 0 Å². The van der Waals surface area contributed by atoms with Crippen molar-refractivity contribution in [1.29, 1.82) is 0 Å². The molecule has 2 aromatic carbocycles. The summed E-state index contributed by atoms with van der Waals surface area (Å²) < 4.78 is 26.8. The summed E-state index contributed by atoms with van der Waals surface area (Å²) in [6, 6.07) is 9.54. The van der Waals surface area contributed by atoms with E-state index in [-0.39, 0.29) is 16.3 Å². The number of hydrogen-bond donors (Lipinski definition) is 3. The van der Waals surface area contributed by atoms with Gasteiger partial charge in [0.05, 0.1) is 5.56 Å². The third kappa shape index (κ3) is 3.45. The molecule has 0 heterocycles. The highest BCUT2D eigenvalue weighted by atomic mass is 35.5. The summed E-state index contributed by atoms with van der Waals surface area (Å²) in [5, 5.41) is 9.55. The molecule has 0 aliphatic heterocycles. The summed E-state index contributed by atoms with van der Waals surface area (Å²) in [7, 11) is -4.05. The van der Waals surface area contributed by atoms with Crippen LogP contribution < -0.4 is 10.5 Å². The summed E-state index contributed by atoms with van der Waals surface area (Å²) in [5.74, 6) is -1.38. The zero-order chi connectivity index (χ0) is 15.6. The van der Waals surface area contributed by atoms with E-state index >= 15 is 0 Å². The number of halogens is 1. The van der Waals surface area contributed by atoms with Crippen LogP contribution in [0, 0.1) is 0 Å². The van der Waals surface area contributed by atoms with E-state index in [1.165, 1.54) is 30.3 Å². The maximum atomic E-state index is 12.3. The quantitative estimate of drug-likeness (QED) is 0.747. The molecule has 0 radical (unpaired) electrons. The molecular formula is C13H11ClN2O4S. The number of carbonyl (C=O) groups is 1. The number of rotatable bonds is 4. The van der Waals surface area contributed by atoms with Gasteiger partial charge in [0.25, 0.3) is 10.0 Å². The third-order valence-electron chi connectivity index (χ3n) is 2.62. The van der Waals surface area contributed by atoms with E-state index in [2.05, 4.69) is 4.72 Å². The lowest BCUT2D eigenvalue weighted by Gasteiger charge is -2.11. The molecule has 0 saturated heterocycles. The van der Waals surface area contributed by atoms with Crippen LogP contribution in [0.2, 0.25) is 5.02 Å². The second-order valence-corrected chi connectivity index (χ2v) is 6.26. The molecule has 0 amide bonds. The Morgan fingerprint density at radius 3 is 2.33 bits per heavy atom. The highest BCUT2D eigenvalue weighted by molar-refractivity contribution is 7.92. The normalized spacial score (nSPS) is 11.1. The summed E-state index contributed by atoms with van der Waals surface area (Å²) in [6.07, 6.45) is 0. The van der Waals surface area contributed by atoms with Crippen molar-refractivity contribution in [3.63, 3.8) is 0 Å². The summed E-state index contributed by atoms with van der Waals surface area (Å²) >= 11 is 5.72. The number of carboxylic acids is 1. The largest absolute Gasteiger partial charge is 0.478 e. The molecule has 2 aromatic rings. The zero-order valence-corrected chi connectivity index (χ0v) is 12.1. The Kier molecular flexibility index (Phi) is 4.06. The van der Waals surface area contributed by atoms with Crippen molar-refractivity contribution in [1.82, 2.24) is 0 Å². The predicted octanol–water partition coefficient (Wildman–Crippen LogP) is 2.42. The van der Waals surface area contributed by atoms with Crippen LogP contribution in [0.15, 0.2) is 47.4 Å². The Labute approximate surface area is 126 Å². The van der Waals surface area contributed by atoms with Gasteiger partial charge in [0.1, 0.15) is 4.90 Å². The van der Waals surface area contributed by atoms with E-state index < -0.39 is 21.6 Å². The van der Waals surface area contributed by atoms with Crippen LogP contribution in [0.25, 0.3) is 0 Å². The zero-order valence-electron chi connectivity index (χ0n) is 10.6. The molecule has 0 bridgehead atoms. The first kappa shape index (κ1) is 15.1. The first-order valence-electron chi connectivity index (χ1n) is 5.71. The number of nitrogen functional groups attached to an aromatic ring is 1. The standard InChI is InChI=1S/C13H11ClN2O4S/c14-8-1-4-10(5-2-8)16-21(19,20)12-6-3-9(15)7-11(12)13(17)18/h1-7,16H,15H2,(H,17,18). The number of aromatic carboxylic acids is 1. The molecule has 21 heavy (non-hydrogen) atoms. The molecule has 8 heteroatoms. The van der Waals surface area contributed by atoms with Crippen molar-refractivity contribution < 1.29 is 18.3 Å². The molecule has 6 nitrogen and oxygen atoms in total. The Morgan fingerprint density at radius 1 is 1.14 bits per heavy atom. The van der Waals surface area contributed by atoms with Gasteiger partial charge in [-0.15, -0.1) is 0 Å². The number of hydrogen-bond acceptors (Lipinski definition) is 4. The van der Waals surface area contributed by atoms with Gasteiger partial charge >= 0.3 is 5.97 Å². The van der Waals surface area contributed by atoms with Crippen molar-refractivity contribution >= 4 is 39.0 Å². The Morgan fingerprint density at radius 2 is 1.76 bits per heavy atom. The van der Waals surface area contributed by atoms with E-state index in [0.29, 0.717) is 5.02 Å². The minimum absolute atomic E-state index is 0.165. The van der Waals surface area contributed by atoms with Gasteiger partial charge in [-0.05, 0) is 42.5 Å². The van der Waals surface area contributed by atoms with Crippen LogP contribution in [0.1, 0.15) is 10.4 Å². The van der Waals surface area contributed by atoms with Crippen LogP contribution in [0.3, 0.4) is 0 Å². The van der Waals surface area contributed by atoms with Gasteiger partial charge in [0.2, 0.25) is 0 Å². The van der Waals surface area contributed by atoms with E-state index in [1.807, 2.05) is 0 Å². The Balaban J connectivity index is 2.44. The average molecular weight is 327 g/mol. The monoisotopic (exact) mass is 326 g/mol. The third-order valence-corrected chi connectivity index (χ3v) is 4.31. The van der Waals surface area contributed by atoms with Gasteiger partial charge in [-0.25, -0.2) is 13.2 Å². The molecule has 0 unspecified atom stereocenters. The second kappa shape index (κ2) is 5.63. The smallest absolute Gasteiger partial charge is 0.337 e. The summed E-state index contributed by atoms with van der Waals surface area (Å²) in [4.78, 5) is 10.8. The molecule has 0 aliphatic rings. The minimum Gasteiger partial charge on any atom is -0.478 e. The number of nitrogens with one attached hydrogen (secondary N) is 1. The van der Waals surface area contributed by atoms with E-state index in [0.717, 1.165) is 12.1 Å². The van der Waals surface area contributed by atoms with Crippen LogP contribution in [0.5, 0.6) is 0 Å². The molecule has 0 saturated carbocycles. The van der Waals surface area contributed by atoms with Gasteiger partial charge in [-0.1, -0.05) is 11.6 Å². The molecule has 0 spiro atoms. The van der Waals surface area contributed by atoms with Gasteiger partial charge in [0, 0.05) is 16.4 Å². The average Bonchev–Trinajstić information content (AvgIpc) is 2.40. The molecule has 2 rings (SSSR count). The highest BCUT2D eigenvalue weighted by Crippen LogP contribution is 2.23. The van der Waals surface area contributed by atoms with Crippen LogP contribution in [-0.4, -0.2) is 19.5 Å². The molecular weight excluding hydrogens is 316 g/mol. The predicted molar refractivity (Wildman–Crippen MR) is 80.1 cm³/mol. The number of benzene rings is 2. The maximum Gasteiger partial charge on any atom is 0.337 e. The van der Waals surface area contributed by atoms with Crippen LogP contribution >= 0.6 is 11.6 Å². The Hall–Kier alpha value is -2.25. The number of anilines is 2. The molecule has 0 fully saturated rings. The Bertz CT molecular complexity index is 788. The highest BCUT2D eigenvalue weighted by Gasteiger charge is 2.22. The molecule has 4 N–H and O–H groups in total. The van der Waals surface area contributed by atoms with Crippen LogP contribution in [0.4, 0.5) is 11.4 Å². The topological polar surface area (TPSA) is 109 Å². The van der Waals surface area contributed by atoms with Crippen molar-refractivity contribution in [2.75, 3.05) is 10.5 Å². The maximum absolute atomic E-state index is 12.3. The first-order chi connectivity index (χ1) is 9.79. The van der Waals surface area contributed by atoms with Crippen molar-refractivity contribution in [3.8, 4) is 0 Å². The van der Waals surface area contributed by atoms with Crippen LogP contribution in [-0.2, 0) is 10.0 Å². The number of nitrogens with two attached hydrogens (primary N) is 1. The summed E-state index contributed by atoms with van der Waals surface area (Å²) in [6.45, 7) is 0. The van der Waals surface area contributed by atoms with Gasteiger partial charge in [-0.2, -0.15) is 0 Å². The number of carboxylic acid groups (broad SMARTS) is 1. The van der Waals surface area contributed by atoms with Gasteiger partial charge < -0.3 is 10.8 Å². The molecule has 0 aromatic heterocycles. The first-order valence-corrected chi connectivity index (χ1v) is 7.57. The van der Waals surface area contributed by atoms with Crippen molar-refractivity contribution in [2.45, 2.75) is 4.90 Å².